The molecule has 29 heavy (non-hydrogen) atoms. The van der Waals surface area contributed by atoms with Crippen LogP contribution in [0.5, 0.6) is 0 Å². The summed E-state index contributed by atoms with van der Waals surface area (Å²) >= 11 is 0. The van der Waals surface area contributed by atoms with Gasteiger partial charge in [0.05, 0.1) is 17.8 Å². The number of amides is 1. The summed E-state index contributed by atoms with van der Waals surface area (Å²) in [4.78, 5) is 18.9. The summed E-state index contributed by atoms with van der Waals surface area (Å²) in [6, 6.07) is 13.3. The van der Waals surface area contributed by atoms with Crippen LogP contribution in [0, 0.1) is 17.2 Å². The van der Waals surface area contributed by atoms with Gasteiger partial charge in [0.2, 0.25) is 0 Å². The van der Waals surface area contributed by atoms with Gasteiger partial charge >= 0.3 is 0 Å². The highest BCUT2D eigenvalue weighted by molar-refractivity contribution is 5.94. The third kappa shape index (κ3) is 4.80. The average Bonchev–Trinajstić information content (AvgIpc) is 3.29. The van der Waals surface area contributed by atoms with Gasteiger partial charge in [0, 0.05) is 30.5 Å². The molecule has 0 saturated carbocycles. The van der Waals surface area contributed by atoms with Crippen molar-refractivity contribution in [2.24, 2.45) is 5.92 Å². The number of likely N-dealkylation sites (tertiary alicyclic amines) is 1. The van der Waals surface area contributed by atoms with E-state index in [1.165, 1.54) is 5.56 Å². The number of benzene rings is 1. The third-order valence-electron chi connectivity index (χ3n) is 5.91. The first-order valence-electron chi connectivity index (χ1n) is 10.2. The lowest BCUT2D eigenvalue weighted by molar-refractivity contribution is 0.0914. The summed E-state index contributed by atoms with van der Waals surface area (Å²) < 4.78 is 0. The highest BCUT2D eigenvalue weighted by Crippen LogP contribution is 2.26. The minimum atomic E-state index is -0.0706. The fourth-order valence-electron chi connectivity index (χ4n) is 4.10. The summed E-state index contributed by atoms with van der Waals surface area (Å²) in [6.45, 7) is 2.75. The zero-order chi connectivity index (χ0) is 20.1. The van der Waals surface area contributed by atoms with Crippen LogP contribution >= 0.6 is 0 Å². The van der Waals surface area contributed by atoms with Crippen LogP contribution < -0.4 is 16.2 Å². The second-order valence-electron chi connectivity index (χ2n) is 7.75. The van der Waals surface area contributed by atoms with Crippen LogP contribution in [0.2, 0.25) is 0 Å². The quantitative estimate of drug-likeness (QED) is 0.723. The normalized spacial score (nSPS) is 22.9. The first-order valence-corrected chi connectivity index (χ1v) is 10.2. The molecule has 0 aliphatic carbocycles. The molecule has 3 heterocycles. The molecule has 2 fully saturated rings. The molecular weight excluding hydrogens is 364 g/mol. The highest BCUT2D eigenvalue weighted by atomic mass is 16.1. The van der Waals surface area contributed by atoms with E-state index in [0.717, 1.165) is 32.4 Å². The van der Waals surface area contributed by atoms with Crippen molar-refractivity contribution in [1.29, 1.82) is 5.26 Å². The van der Waals surface area contributed by atoms with E-state index < -0.39 is 0 Å². The largest absolute Gasteiger partial charge is 0.352 e. The molecule has 1 amide bonds. The second-order valence-corrected chi connectivity index (χ2v) is 7.75. The van der Waals surface area contributed by atoms with E-state index in [1.807, 2.05) is 12.4 Å². The Morgan fingerprint density at radius 3 is 2.55 bits per heavy atom. The minimum Gasteiger partial charge on any atom is -0.352 e. The molecule has 150 valence electrons. The first kappa shape index (κ1) is 19.5. The second kappa shape index (κ2) is 9.14. The standard InChI is InChI=1S/C22H26N6O/c23-14-16-1-3-19(4-2-16)22(29)25-15-17-7-11-28(12-8-17)21-13-20(26-27-21)18-5-9-24-10-6-18/h1-6,9-10,17,20-21,26-27H,7-8,11-13,15H2,(H,25,29). The van der Waals surface area contributed by atoms with Crippen molar-refractivity contribution in [1.82, 2.24) is 26.1 Å². The van der Waals surface area contributed by atoms with Crippen molar-refractivity contribution in [3.8, 4) is 6.07 Å². The SMILES string of the molecule is N#Cc1ccc(C(=O)NCC2CCN(C3CC(c4ccncc4)NN3)CC2)cc1. The van der Waals surface area contributed by atoms with Gasteiger partial charge in [-0.25, -0.2) is 10.9 Å². The van der Waals surface area contributed by atoms with Crippen LogP contribution in [0.15, 0.2) is 48.8 Å². The number of nitrogens with one attached hydrogen (secondary N) is 3. The minimum absolute atomic E-state index is 0.0706. The van der Waals surface area contributed by atoms with E-state index in [1.54, 1.807) is 24.3 Å². The molecule has 7 nitrogen and oxygen atoms in total. The van der Waals surface area contributed by atoms with Crippen LogP contribution in [-0.4, -0.2) is 41.6 Å². The number of hydrogen-bond donors (Lipinski definition) is 3. The summed E-state index contributed by atoms with van der Waals surface area (Å²) in [6.07, 6.45) is 7.19. The smallest absolute Gasteiger partial charge is 0.251 e. The van der Waals surface area contributed by atoms with Crippen LogP contribution in [0.1, 0.15) is 46.8 Å². The number of aromatic nitrogens is 1. The Hall–Kier alpha value is -2.79. The van der Waals surface area contributed by atoms with Gasteiger partial charge in [0.25, 0.3) is 5.91 Å². The Morgan fingerprint density at radius 1 is 1.14 bits per heavy atom. The number of piperidine rings is 1. The molecule has 2 aromatic rings. The van der Waals surface area contributed by atoms with Crippen LogP contribution in [0.25, 0.3) is 0 Å². The van der Waals surface area contributed by atoms with E-state index in [9.17, 15) is 4.79 Å². The molecule has 4 rings (SSSR count). The van der Waals surface area contributed by atoms with Gasteiger partial charge in [-0.3, -0.25) is 14.7 Å². The Labute approximate surface area is 171 Å². The predicted octanol–water partition coefficient (Wildman–Crippen LogP) is 1.96. The number of hydrazine groups is 1. The maximum Gasteiger partial charge on any atom is 0.251 e. The Bertz CT molecular complexity index is 855. The van der Waals surface area contributed by atoms with Crippen molar-refractivity contribution in [3.05, 3.63) is 65.5 Å². The topological polar surface area (TPSA) is 93.1 Å². The first-order chi connectivity index (χ1) is 14.2. The van der Waals surface area contributed by atoms with Crippen molar-refractivity contribution in [3.63, 3.8) is 0 Å². The van der Waals surface area contributed by atoms with Gasteiger partial charge in [-0.1, -0.05) is 0 Å². The van der Waals surface area contributed by atoms with Gasteiger partial charge in [-0.05, 0) is 80.2 Å². The molecule has 1 aromatic carbocycles. The van der Waals surface area contributed by atoms with E-state index in [0.29, 0.717) is 35.8 Å². The number of nitriles is 1. The molecule has 2 atom stereocenters. The number of nitrogens with zero attached hydrogens (tertiary/aromatic N) is 3. The molecule has 2 aliphatic heterocycles. The van der Waals surface area contributed by atoms with Crippen molar-refractivity contribution in [2.75, 3.05) is 19.6 Å². The molecule has 1 aromatic heterocycles. The Kier molecular flexibility index (Phi) is 6.15. The molecule has 0 bridgehead atoms. The summed E-state index contributed by atoms with van der Waals surface area (Å²) in [5, 5.41) is 11.9. The van der Waals surface area contributed by atoms with Crippen LogP contribution in [-0.2, 0) is 0 Å². The van der Waals surface area contributed by atoms with Crippen molar-refractivity contribution < 1.29 is 4.79 Å². The van der Waals surface area contributed by atoms with Gasteiger partial charge in [-0.2, -0.15) is 5.26 Å². The van der Waals surface area contributed by atoms with Crippen molar-refractivity contribution in [2.45, 2.75) is 31.5 Å². The number of carbonyl (C=O) groups excluding carboxylic acids is 1. The molecular formula is C22H26N6O. The molecule has 0 spiro atoms. The summed E-state index contributed by atoms with van der Waals surface area (Å²) in [5.41, 5.74) is 9.26. The monoisotopic (exact) mass is 390 g/mol. The Balaban J connectivity index is 1.21. The molecule has 2 aliphatic rings. The molecule has 3 N–H and O–H groups in total. The third-order valence-corrected chi connectivity index (χ3v) is 5.91. The molecule has 0 radical (unpaired) electrons. The fraction of sp³-hybridized carbons (Fsp3) is 0.409. The average molecular weight is 390 g/mol. The number of pyridine rings is 1. The van der Waals surface area contributed by atoms with Gasteiger partial charge in [-0.15, -0.1) is 0 Å². The summed E-state index contributed by atoms with van der Waals surface area (Å²) in [5.74, 6) is 0.428. The lowest BCUT2D eigenvalue weighted by Crippen LogP contribution is -2.49. The zero-order valence-corrected chi connectivity index (χ0v) is 16.3. The highest BCUT2D eigenvalue weighted by Gasteiger charge is 2.31. The lowest BCUT2D eigenvalue weighted by atomic mass is 9.95. The van der Waals surface area contributed by atoms with Crippen LogP contribution in [0.3, 0.4) is 0 Å². The van der Waals surface area contributed by atoms with E-state index in [-0.39, 0.29) is 5.91 Å². The number of carbonyl (C=O) groups is 1. The number of hydrogen-bond acceptors (Lipinski definition) is 6. The molecule has 2 saturated heterocycles. The van der Waals surface area contributed by atoms with Gasteiger partial charge < -0.3 is 5.32 Å². The van der Waals surface area contributed by atoms with Gasteiger partial charge in [0.15, 0.2) is 0 Å². The van der Waals surface area contributed by atoms with E-state index in [2.05, 4.69) is 44.3 Å². The maximum atomic E-state index is 12.3. The Morgan fingerprint density at radius 2 is 1.86 bits per heavy atom. The summed E-state index contributed by atoms with van der Waals surface area (Å²) in [7, 11) is 0. The van der Waals surface area contributed by atoms with E-state index >= 15 is 0 Å². The van der Waals surface area contributed by atoms with Crippen molar-refractivity contribution >= 4 is 5.91 Å². The fourth-order valence-corrected chi connectivity index (χ4v) is 4.10. The van der Waals surface area contributed by atoms with Crippen LogP contribution in [0.4, 0.5) is 0 Å². The van der Waals surface area contributed by atoms with Gasteiger partial charge in [0.1, 0.15) is 0 Å². The predicted molar refractivity (Wildman–Crippen MR) is 109 cm³/mol. The molecule has 7 heteroatoms. The van der Waals surface area contributed by atoms with E-state index in [4.69, 9.17) is 5.26 Å². The zero-order valence-electron chi connectivity index (χ0n) is 16.3. The lowest BCUT2D eigenvalue weighted by Gasteiger charge is -2.35. The number of rotatable bonds is 5. The maximum absolute atomic E-state index is 12.3. The molecule has 2 unspecified atom stereocenters.